The first kappa shape index (κ1) is 49.1. The number of hydrogen-bond acceptors (Lipinski definition) is 15. The van der Waals surface area contributed by atoms with Crippen LogP contribution in [0.1, 0.15) is 119 Å². The molecule has 0 aromatic heterocycles. The molecular formula is C50H74O15. The summed E-state index contributed by atoms with van der Waals surface area (Å²) in [5.41, 5.74) is -0.210. The number of rotatable bonds is 7. The number of aliphatic hydroxyl groups is 3. The van der Waals surface area contributed by atoms with Crippen LogP contribution in [0.3, 0.4) is 0 Å². The van der Waals surface area contributed by atoms with Crippen LogP contribution in [0, 0.1) is 23.7 Å². The van der Waals surface area contributed by atoms with Crippen molar-refractivity contribution in [2.75, 3.05) is 20.8 Å². The van der Waals surface area contributed by atoms with Gasteiger partial charge in [0.05, 0.1) is 37.1 Å². The number of hydrogen-bond donors (Lipinski definition) is 3. The zero-order valence-corrected chi connectivity index (χ0v) is 39.6. The summed E-state index contributed by atoms with van der Waals surface area (Å²) in [7, 11) is 3.03. The summed E-state index contributed by atoms with van der Waals surface area (Å²) < 4.78 is 63.7. The van der Waals surface area contributed by atoms with E-state index in [4.69, 9.17) is 47.4 Å². The molecule has 0 aromatic carbocycles. The van der Waals surface area contributed by atoms with Crippen LogP contribution >= 0.6 is 0 Å². The summed E-state index contributed by atoms with van der Waals surface area (Å²) in [6.07, 6.45) is 11.0. The number of ether oxygens (including phenoxy) is 10. The quantitative estimate of drug-likeness (QED) is 0.161. The van der Waals surface area contributed by atoms with E-state index in [1.807, 2.05) is 32.9 Å². The first-order valence-corrected chi connectivity index (χ1v) is 24.3. The normalized spacial score (nSPS) is 45.3. The summed E-state index contributed by atoms with van der Waals surface area (Å²) in [6.45, 7) is 11.4. The molecule has 8 rings (SSSR count). The van der Waals surface area contributed by atoms with Gasteiger partial charge in [0.2, 0.25) is 5.79 Å². The van der Waals surface area contributed by atoms with Crippen LogP contribution in [-0.4, -0.2) is 139 Å². The molecule has 0 aromatic rings. The smallest absolute Gasteiger partial charge is 0.316 e. The van der Waals surface area contributed by atoms with Crippen molar-refractivity contribution in [2.24, 2.45) is 23.7 Å². The number of carbonyl (C=O) groups excluding carboxylic acids is 2. The molecule has 6 fully saturated rings. The number of esters is 1. The lowest BCUT2D eigenvalue weighted by atomic mass is 9.71. The Labute approximate surface area is 384 Å². The van der Waals surface area contributed by atoms with E-state index in [0.29, 0.717) is 55.1 Å². The van der Waals surface area contributed by atoms with Crippen LogP contribution in [-0.2, 0) is 57.0 Å². The number of allylic oxidation sites excluding steroid dienone is 2. The molecule has 1 spiro atoms. The van der Waals surface area contributed by atoms with Crippen LogP contribution < -0.4 is 0 Å². The molecule has 2 aliphatic carbocycles. The number of ketones is 1. The molecule has 1 saturated carbocycles. The molecule has 3 N–H and O–H groups in total. The van der Waals surface area contributed by atoms with Gasteiger partial charge in [-0.1, -0.05) is 63.5 Å². The van der Waals surface area contributed by atoms with Gasteiger partial charge in [0, 0.05) is 52.2 Å². The highest BCUT2D eigenvalue weighted by atomic mass is 16.7. The fourth-order valence-corrected chi connectivity index (χ4v) is 11.9. The first-order chi connectivity index (χ1) is 31.0. The van der Waals surface area contributed by atoms with Gasteiger partial charge >= 0.3 is 5.97 Å². The minimum Gasteiger partial charge on any atom is -0.462 e. The van der Waals surface area contributed by atoms with Crippen LogP contribution in [0.5, 0.6) is 0 Å². The van der Waals surface area contributed by atoms with Crippen molar-refractivity contribution in [3.8, 4) is 0 Å². The van der Waals surface area contributed by atoms with Gasteiger partial charge < -0.3 is 62.7 Å². The average Bonchev–Trinajstić information content (AvgIpc) is 3.62. The lowest BCUT2D eigenvalue weighted by Crippen LogP contribution is -2.60. The van der Waals surface area contributed by atoms with E-state index in [0.717, 1.165) is 24.8 Å². The van der Waals surface area contributed by atoms with Gasteiger partial charge in [0.25, 0.3) is 0 Å². The fraction of sp³-hybridized carbons (Fsp3) is 0.800. The van der Waals surface area contributed by atoms with Gasteiger partial charge in [-0.2, -0.15) is 0 Å². The lowest BCUT2D eigenvalue weighted by molar-refractivity contribution is -0.371. The molecule has 17 atom stereocenters. The van der Waals surface area contributed by atoms with Gasteiger partial charge in [0.1, 0.15) is 35.9 Å². The zero-order valence-electron chi connectivity index (χ0n) is 39.6. The standard InChI is InChI=1S/C50H74O15/c1-27-13-12-16-34-26-58-46-42(51)30(4)21-37(49(34,46)53)47(52)61-36-22-35(64-48(25-36)20-19-29(3)44(65-48)33-14-10-9-11-15-33)18-17-28(2)43(27)62-40-23-38(56-7)45(31(5)59-40)63-41-24-39(57-8)50(54,55)32(6)60-41/h12-13,16-17,21,27,29,31-33,35-41,43-46,53-55H,9-11,14-15,18-20,22-26H2,1-8H3/t27-,29-,31?,32?,35+,36-,37-,38+,39+,40-,41-,43-,44-,45-,46+,48?,49+/m0/s1. The Bertz CT molecular complexity index is 1840. The van der Waals surface area contributed by atoms with Crippen molar-refractivity contribution < 1.29 is 72.3 Å². The molecule has 364 valence electrons. The number of fused-ring (bicyclic) bond motifs is 2. The first-order valence-electron chi connectivity index (χ1n) is 24.3. The minimum absolute atomic E-state index is 0.0281. The lowest BCUT2D eigenvalue weighted by Gasteiger charge is -2.51. The van der Waals surface area contributed by atoms with E-state index in [1.54, 1.807) is 33.1 Å². The van der Waals surface area contributed by atoms with Crippen molar-refractivity contribution >= 4 is 11.8 Å². The van der Waals surface area contributed by atoms with Crippen LogP contribution in [0.4, 0.5) is 0 Å². The van der Waals surface area contributed by atoms with E-state index < -0.39 is 90.5 Å². The maximum Gasteiger partial charge on any atom is 0.316 e. The third-order valence-electron chi connectivity index (χ3n) is 15.8. The maximum atomic E-state index is 14.4. The van der Waals surface area contributed by atoms with E-state index in [-0.39, 0.29) is 36.9 Å². The average molecular weight is 915 g/mol. The Morgan fingerprint density at radius 3 is 2.34 bits per heavy atom. The maximum absolute atomic E-state index is 14.4. The molecular weight excluding hydrogens is 841 g/mol. The molecule has 6 heterocycles. The number of Topliss-reactive ketones (excluding diaryl/α,β-unsaturated/α-hetero) is 1. The minimum atomic E-state index is -2.17. The topological polar surface area (TPSA) is 187 Å². The molecule has 3 unspecified atom stereocenters. The highest BCUT2D eigenvalue weighted by Crippen LogP contribution is 2.48. The highest BCUT2D eigenvalue weighted by molar-refractivity contribution is 6.03. The molecule has 0 amide bonds. The fourth-order valence-electron chi connectivity index (χ4n) is 11.9. The second-order valence-electron chi connectivity index (χ2n) is 20.4. The monoisotopic (exact) mass is 915 g/mol. The van der Waals surface area contributed by atoms with Gasteiger partial charge in [-0.25, -0.2) is 0 Å². The summed E-state index contributed by atoms with van der Waals surface area (Å²) in [4.78, 5) is 27.9. The predicted octanol–water partition coefficient (Wildman–Crippen LogP) is 5.66. The van der Waals surface area contributed by atoms with Gasteiger partial charge in [-0.15, -0.1) is 0 Å². The van der Waals surface area contributed by atoms with Gasteiger partial charge in [-0.05, 0) is 81.9 Å². The van der Waals surface area contributed by atoms with E-state index in [9.17, 15) is 24.9 Å². The Kier molecular flexibility index (Phi) is 15.0. The van der Waals surface area contributed by atoms with Crippen molar-refractivity contribution in [1.29, 1.82) is 0 Å². The second-order valence-corrected chi connectivity index (χ2v) is 20.4. The number of methoxy groups -OCH3 is 2. The van der Waals surface area contributed by atoms with Crippen molar-refractivity contribution in [2.45, 2.75) is 209 Å². The molecule has 65 heavy (non-hydrogen) atoms. The van der Waals surface area contributed by atoms with Crippen LogP contribution in [0.15, 0.2) is 47.1 Å². The Morgan fingerprint density at radius 1 is 0.846 bits per heavy atom. The van der Waals surface area contributed by atoms with E-state index in [1.165, 1.54) is 26.4 Å². The van der Waals surface area contributed by atoms with Crippen LogP contribution in [0.25, 0.3) is 0 Å². The Morgan fingerprint density at radius 2 is 1.60 bits per heavy atom. The van der Waals surface area contributed by atoms with Crippen molar-refractivity contribution in [1.82, 2.24) is 0 Å². The Balaban J connectivity index is 1.07. The Hall–Kier alpha value is -2.38. The summed E-state index contributed by atoms with van der Waals surface area (Å²) in [5.74, 6) is -4.62. The molecule has 8 aliphatic rings. The highest BCUT2D eigenvalue weighted by Gasteiger charge is 2.60. The van der Waals surface area contributed by atoms with Crippen molar-refractivity contribution in [3.05, 3.63) is 47.1 Å². The van der Waals surface area contributed by atoms with Crippen molar-refractivity contribution in [3.63, 3.8) is 0 Å². The summed E-state index contributed by atoms with van der Waals surface area (Å²) in [5, 5.41) is 33.6. The van der Waals surface area contributed by atoms with E-state index >= 15 is 0 Å². The largest absolute Gasteiger partial charge is 0.462 e. The number of carbonyl (C=O) groups is 2. The molecule has 2 bridgehead atoms. The third kappa shape index (κ3) is 9.92. The molecule has 15 nitrogen and oxygen atoms in total. The predicted molar refractivity (Wildman–Crippen MR) is 235 cm³/mol. The van der Waals surface area contributed by atoms with Crippen LogP contribution in [0.2, 0.25) is 0 Å². The van der Waals surface area contributed by atoms with Gasteiger partial charge in [0.15, 0.2) is 30.3 Å². The molecule has 6 aliphatic heterocycles. The zero-order chi connectivity index (χ0) is 46.4. The summed E-state index contributed by atoms with van der Waals surface area (Å²) >= 11 is 0. The molecule has 15 heteroatoms. The molecule has 5 saturated heterocycles. The van der Waals surface area contributed by atoms with E-state index in [2.05, 4.69) is 13.0 Å². The third-order valence-corrected chi connectivity index (χ3v) is 15.8. The summed E-state index contributed by atoms with van der Waals surface area (Å²) in [6, 6.07) is 0. The second kappa shape index (κ2) is 19.9. The molecule has 0 radical (unpaired) electrons. The van der Waals surface area contributed by atoms with Gasteiger partial charge in [-0.3, -0.25) is 9.59 Å². The SMILES string of the molecule is CO[C@@H]1C[C@H](O[C@@H]2C(C)=CC[C@@H]3C[C@@H](CC4(CC[C@H](C)[C@@H](C5CCCCC5)O4)O3)OC(=O)[C@@H]3C=C(C)C(=O)[C@H]4OCC(=CC=C[C@@H]2C)[C@]43O)OC(C)[C@@H]1O[C@H]1C[C@@H](OC)C(O)(O)C(C)O1.